The Bertz CT molecular complexity index is 994. The van der Waals surface area contributed by atoms with Crippen LogP contribution in [-0.4, -0.2) is 45.1 Å². The highest BCUT2D eigenvalue weighted by molar-refractivity contribution is 7.89. The van der Waals surface area contributed by atoms with Crippen LogP contribution >= 0.6 is 0 Å². The van der Waals surface area contributed by atoms with Gasteiger partial charge in [0.25, 0.3) is 0 Å². The van der Waals surface area contributed by atoms with Gasteiger partial charge in [-0.15, -0.1) is 0 Å². The molecule has 7 nitrogen and oxygen atoms in total. The lowest BCUT2D eigenvalue weighted by molar-refractivity contribution is -0.132. The van der Waals surface area contributed by atoms with Crippen LogP contribution in [0.1, 0.15) is 31.7 Å². The zero-order chi connectivity index (χ0) is 20.9. The first-order valence-electron chi connectivity index (χ1n) is 9.41. The Labute approximate surface area is 171 Å². The van der Waals surface area contributed by atoms with Crippen LogP contribution in [0, 0.1) is 0 Å². The quantitative estimate of drug-likeness (QED) is 0.408. The molecule has 0 amide bonds. The zero-order valence-corrected chi connectivity index (χ0v) is 17.3. The van der Waals surface area contributed by atoms with Crippen molar-refractivity contribution in [2.75, 3.05) is 20.2 Å². The molecule has 1 heterocycles. The van der Waals surface area contributed by atoms with Gasteiger partial charge in [0.15, 0.2) is 11.5 Å². The zero-order valence-electron chi connectivity index (χ0n) is 16.5. The molecule has 0 radical (unpaired) electrons. The van der Waals surface area contributed by atoms with Crippen LogP contribution in [0.3, 0.4) is 0 Å². The van der Waals surface area contributed by atoms with Crippen LogP contribution in [0.2, 0.25) is 0 Å². The summed E-state index contributed by atoms with van der Waals surface area (Å²) in [5, 5.41) is 0. The molecule has 0 aromatic heterocycles. The third kappa shape index (κ3) is 5.21. The molecule has 154 valence electrons. The second-order valence-electron chi connectivity index (χ2n) is 6.72. The lowest BCUT2D eigenvalue weighted by Gasteiger charge is -2.25. The fraction of sp³-hybridized carbons (Fsp3) is 0.333. The van der Waals surface area contributed by atoms with Crippen molar-refractivity contribution in [2.45, 2.75) is 31.1 Å². The fourth-order valence-electron chi connectivity index (χ4n) is 3.11. The molecule has 1 saturated heterocycles. The fourth-order valence-corrected chi connectivity index (χ4v) is 4.63. The van der Waals surface area contributed by atoms with Gasteiger partial charge in [0.2, 0.25) is 10.0 Å². The molecule has 29 heavy (non-hydrogen) atoms. The van der Waals surface area contributed by atoms with Crippen molar-refractivity contribution in [1.82, 2.24) is 4.31 Å². The number of hydrogen-bond donors (Lipinski definition) is 0. The normalized spacial score (nSPS) is 15.4. The first kappa shape index (κ1) is 21.0. The highest BCUT2D eigenvalue weighted by Gasteiger charge is 2.25. The second kappa shape index (κ2) is 9.19. The molecule has 0 unspecified atom stereocenters. The summed E-state index contributed by atoms with van der Waals surface area (Å²) in [5.74, 6) is 0.334. The van der Waals surface area contributed by atoms with Gasteiger partial charge in [-0.2, -0.15) is 4.31 Å². The average molecular weight is 416 g/mol. The number of piperidine rings is 1. The first-order chi connectivity index (χ1) is 13.9. The molecule has 1 aliphatic heterocycles. The molecule has 2 aromatic rings. The Balaban J connectivity index is 1.74. The highest BCUT2D eigenvalue weighted by atomic mass is 32.2. The van der Waals surface area contributed by atoms with E-state index in [9.17, 15) is 13.2 Å². The summed E-state index contributed by atoms with van der Waals surface area (Å²) in [4.78, 5) is 15.8. The standard InChI is InChI=1S/C21H24N2O5S/c1-16(24)28-20-11-6-17(14-21(20)27-2)15-22-18-7-9-19(10-8-18)29(25,26)23-12-4-3-5-13-23/h6-11,14-15H,3-5,12-13H2,1-2H3. The monoisotopic (exact) mass is 416 g/mol. The average Bonchev–Trinajstić information content (AvgIpc) is 2.73. The molecule has 2 aromatic carbocycles. The molecule has 8 heteroatoms. The van der Waals surface area contributed by atoms with Gasteiger partial charge in [0.05, 0.1) is 17.7 Å². The molecule has 0 atom stereocenters. The molecule has 0 bridgehead atoms. The van der Waals surface area contributed by atoms with Crippen molar-refractivity contribution in [3.63, 3.8) is 0 Å². The molecule has 3 rings (SSSR count). The van der Waals surface area contributed by atoms with E-state index in [2.05, 4.69) is 4.99 Å². The summed E-state index contributed by atoms with van der Waals surface area (Å²) in [5.41, 5.74) is 1.38. The van der Waals surface area contributed by atoms with Gasteiger partial charge < -0.3 is 9.47 Å². The molecular weight excluding hydrogens is 392 g/mol. The predicted octanol–water partition coefficient (Wildman–Crippen LogP) is 3.55. The van der Waals surface area contributed by atoms with Crippen LogP contribution in [0.25, 0.3) is 0 Å². The summed E-state index contributed by atoms with van der Waals surface area (Å²) >= 11 is 0. The minimum atomic E-state index is -3.45. The number of benzene rings is 2. The number of rotatable bonds is 6. The Morgan fingerprint density at radius 3 is 2.34 bits per heavy atom. The lowest BCUT2D eigenvalue weighted by Crippen LogP contribution is -2.35. The summed E-state index contributed by atoms with van der Waals surface area (Å²) in [6.45, 7) is 2.48. The number of ether oxygens (including phenoxy) is 2. The van der Waals surface area contributed by atoms with Crippen LogP contribution in [-0.2, 0) is 14.8 Å². The minimum absolute atomic E-state index is 0.283. The molecule has 0 spiro atoms. The van der Waals surface area contributed by atoms with Crippen molar-refractivity contribution in [1.29, 1.82) is 0 Å². The van der Waals surface area contributed by atoms with E-state index in [4.69, 9.17) is 9.47 Å². The number of sulfonamides is 1. The molecule has 0 N–H and O–H groups in total. The van der Waals surface area contributed by atoms with Gasteiger partial charge in [-0.1, -0.05) is 6.42 Å². The summed E-state index contributed by atoms with van der Waals surface area (Å²) in [7, 11) is -1.96. The second-order valence-corrected chi connectivity index (χ2v) is 8.66. The van der Waals surface area contributed by atoms with Gasteiger partial charge in [-0.3, -0.25) is 9.79 Å². The Morgan fingerprint density at radius 2 is 1.72 bits per heavy atom. The van der Waals surface area contributed by atoms with Crippen LogP contribution in [0.15, 0.2) is 52.4 Å². The number of carbonyl (C=O) groups excluding carboxylic acids is 1. The minimum Gasteiger partial charge on any atom is -0.493 e. The molecule has 0 aliphatic carbocycles. The van der Waals surface area contributed by atoms with Crippen molar-refractivity contribution in [3.05, 3.63) is 48.0 Å². The number of hydrogen-bond acceptors (Lipinski definition) is 6. The third-order valence-electron chi connectivity index (χ3n) is 4.59. The largest absolute Gasteiger partial charge is 0.493 e. The maximum absolute atomic E-state index is 12.7. The van der Waals surface area contributed by atoms with Crippen LogP contribution < -0.4 is 9.47 Å². The maximum atomic E-state index is 12.7. The van der Waals surface area contributed by atoms with Crippen LogP contribution in [0.5, 0.6) is 11.5 Å². The van der Waals surface area contributed by atoms with Gasteiger partial charge in [-0.05, 0) is 60.9 Å². The predicted molar refractivity (Wildman–Crippen MR) is 111 cm³/mol. The Kier molecular flexibility index (Phi) is 6.66. The summed E-state index contributed by atoms with van der Waals surface area (Å²) < 4.78 is 37.3. The number of nitrogens with zero attached hydrogens (tertiary/aromatic N) is 2. The van der Waals surface area contributed by atoms with Gasteiger partial charge in [0.1, 0.15) is 0 Å². The topological polar surface area (TPSA) is 85.3 Å². The smallest absolute Gasteiger partial charge is 0.308 e. The molecule has 1 fully saturated rings. The maximum Gasteiger partial charge on any atom is 0.308 e. The van der Waals surface area contributed by atoms with E-state index in [-0.39, 0.29) is 4.90 Å². The van der Waals surface area contributed by atoms with Crippen molar-refractivity contribution < 1.29 is 22.7 Å². The van der Waals surface area contributed by atoms with Crippen molar-refractivity contribution in [2.24, 2.45) is 4.99 Å². The van der Waals surface area contributed by atoms with E-state index in [0.717, 1.165) is 24.8 Å². The van der Waals surface area contributed by atoms with Crippen molar-refractivity contribution >= 4 is 27.9 Å². The van der Waals surface area contributed by atoms with E-state index < -0.39 is 16.0 Å². The number of aliphatic imine (C=N–C) groups is 1. The van der Waals surface area contributed by atoms with Crippen molar-refractivity contribution in [3.8, 4) is 11.5 Å². The number of esters is 1. The van der Waals surface area contributed by atoms with E-state index >= 15 is 0 Å². The Hall–Kier alpha value is -2.71. The summed E-state index contributed by atoms with van der Waals surface area (Å²) in [6.07, 6.45) is 4.52. The Morgan fingerprint density at radius 1 is 1.03 bits per heavy atom. The van der Waals surface area contributed by atoms with Gasteiger partial charge in [0, 0.05) is 26.2 Å². The summed E-state index contributed by atoms with van der Waals surface area (Å²) in [6, 6.07) is 11.6. The lowest BCUT2D eigenvalue weighted by atomic mass is 10.2. The number of carbonyl (C=O) groups is 1. The SMILES string of the molecule is COc1cc(C=Nc2ccc(S(=O)(=O)N3CCCCC3)cc2)ccc1OC(C)=O. The van der Waals surface area contributed by atoms with Gasteiger partial charge >= 0.3 is 5.97 Å². The molecule has 0 saturated carbocycles. The molecule has 1 aliphatic rings. The van der Waals surface area contributed by atoms with E-state index in [0.29, 0.717) is 30.3 Å². The van der Waals surface area contributed by atoms with E-state index in [1.54, 1.807) is 53.0 Å². The first-order valence-corrected chi connectivity index (χ1v) is 10.8. The number of methoxy groups -OCH3 is 1. The van der Waals surface area contributed by atoms with Crippen LogP contribution in [0.4, 0.5) is 5.69 Å². The molecular formula is C21H24N2O5S. The van der Waals surface area contributed by atoms with E-state index in [1.165, 1.54) is 14.0 Å². The van der Waals surface area contributed by atoms with Gasteiger partial charge in [-0.25, -0.2) is 8.42 Å². The highest BCUT2D eigenvalue weighted by Crippen LogP contribution is 2.28. The third-order valence-corrected chi connectivity index (χ3v) is 6.51. The van der Waals surface area contributed by atoms with E-state index in [1.807, 2.05) is 0 Å².